The van der Waals surface area contributed by atoms with E-state index in [1.54, 1.807) is 30.3 Å². The predicted molar refractivity (Wildman–Crippen MR) is 142 cm³/mol. The zero-order valence-corrected chi connectivity index (χ0v) is 22.1. The van der Waals surface area contributed by atoms with Crippen molar-refractivity contribution < 1.29 is 14.2 Å². The van der Waals surface area contributed by atoms with E-state index in [-0.39, 0.29) is 5.30 Å². The number of rotatable bonds is 9. The lowest BCUT2D eigenvalue weighted by Gasteiger charge is -2.21. The molecule has 0 saturated heterocycles. The van der Waals surface area contributed by atoms with E-state index in [4.69, 9.17) is 0 Å². The first-order chi connectivity index (χ1) is 16.1. The van der Waals surface area contributed by atoms with Crippen molar-refractivity contribution >= 4 is 23.5 Å². The minimum absolute atomic E-state index is 0.290. The van der Waals surface area contributed by atoms with Gasteiger partial charge in [-0.05, 0) is 73.9 Å². The number of benzene rings is 3. The van der Waals surface area contributed by atoms with E-state index in [1.807, 2.05) is 52.0 Å². The lowest BCUT2D eigenvalue weighted by atomic mass is 9.98. The van der Waals surface area contributed by atoms with Crippen LogP contribution >= 0.6 is 7.14 Å². The van der Waals surface area contributed by atoms with Gasteiger partial charge in [0.25, 0.3) is 0 Å². The second kappa shape index (κ2) is 10.7. The molecule has 3 aromatic carbocycles. The molecule has 0 bridgehead atoms. The second-order valence-electron chi connectivity index (χ2n) is 9.26. The average molecular weight is 475 g/mol. The molecule has 0 atom stereocenters. The van der Waals surface area contributed by atoms with Gasteiger partial charge in [0.2, 0.25) is 18.2 Å². The van der Waals surface area contributed by atoms with E-state index < -0.39 is 18.2 Å². The highest BCUT2D eigenvalue weighted by atomic mass is 31.2. The molecule has 0 spiro atoms. The number of hydrogen-bond donors (Lipinski definition) is 0. The first-order valence-electron chi connectivity index (χ1n) is 12.1. The predicted octanol–water partition coefficient (Wildman–Crippen LogP) is 7.49. The Morgan fingerprint density at radius 2 is 1.00 bits per heavy atom. The summed E-state index contributed by atoms with van der Waals surface area (Å²) in [5.74, 6) is 0. The monoisotopic (exact) mass is 474 g/mol. The molecule has 0 unspecified atom stereocenters. The summed E-state index contributed by atoms with van der Waals surface area (Å²) in [5, 5.41) is 0.290. The second-order valence-corrected chi connectivity index (χ2v) is 11.8. The van der Waals surface area contributed by atoms with Crippen molar-refractivity contribution in [1.82, 2.24) is 0 Å². The summed E-state index contributed by atoms with van der Waals surface area (Å²) in [6, 6.07) is 16.5. The summed E-state index contributed by atoms with van der Waals surface area (Å²) in [7, 11) is -4.14. The molecule has 34 heavy (non-hydrogen) atoms. The van der Waals surface area contributed by atoms with Gasteiger partial charge in [0.05, 0.1) is 0 Å². The molecule has 3 rings (SSSR count). The van der Waals surface area contributed by atoms with Gasteiger partial charge in [-0.1, -0.05) is 81.3 Å². The molecule has 0 N–H and O–H groups in total. The average Bonchev–Trinajstić information content (AvgIpc) is 2.78. The van der Waals surface area contributed by atoms with Crippen molar-refractivity contribution in [1.29, 1.82) is 0 Å². The van der Waals surface area contributed by atoms with Gasteiger partial charge in [0.15, 0.2) is 0 Å². The van der Waals surface area contributed by atoms with Crippen LogP contribution in [0.4, 0.5) is 0 Å². The molecular weight excluding hydrogens is 439 g/mol. The Balaban J connectivity index is 2.23. The van der Waals surface area contributed by atoms with Crippen LogP contribution in [0, 0.1) is 27.7 Å². The SMILES string of the molecule is CCCc1cc(C)c(C(=O)P(=O)(C(=O)c2c(C)cc(CCC)cc2C)c2ccccc2)c(C)c1. The highest BCUT2D eigenvalue weighted by molar-refractivity contribution is 8.01. The minimum Gasteiger partial charge on any atom is -0.302 e. The van der Waals surface area contributed by atoms with Gasteiger partial charge in [-0.3, -0.25) is 9.59 Å². The Bertz CT molecular complexity index is 1150. The van der Waals surface area contributed by atoms with Crippen LogP contribution in [0.15, 0.2) is 54.6 Å². The fraction of sp³-hybridized carbons (Fsp3) is 0.333. The van der Waals surface area contributed by atoms with Gasteiger partial charge < -0.3 is 4.57 Å². The van der Waals surface area contributed by atoms with E-state index in [0.29, 0.717) is 11.1 Å². The molecule has 0 aliphatic carbocycles. The molecule has 0 aliphatic heterocycles. The summed E-state index contributed by atoms with van der Waals surface area (Å²) in [4.78, 5) is 28.2. The highest BCUT2D eigenvalue weighted by Crippen LogP contribution is 2.52. The highest BCUT2D eigenvalue weighted by Gasteiger charge is 2.44. The van der Waals surface area contributed by atoms with Crippen LogP contribution < -0.4 is 5.30 Å². The molecule has 3 aromatic rings. The molecular formula is C30H35O3P. The fourth-order valence-electron chi connectivity index (χ4n) is 4.93. The Hall–Kier alpha value is -2.77. The third-order valence-electron chi connectivity index (χ3n) is 6.38. The number of carbonyl (C=O) groups is 2. The third kappa shape index (κ3) is 4.86. The van der Waals surface area contributed by atoms with Crippen LogP contribution in [0.3, 0.4) is 0 Å². The summed E-state index contributed by atoms with van der Waals surface area (Å²) >= 11 is 0. The number of carbonyl (C=O) groups excluding carboxylic acids is 2. The van der Waals surface area contributed by atoms with Gasteiger partial charge >= 0.3 is 0 Å². The van der Waals surface area contributed by atoms with E-state index in [2.05, 4.69) is 13.8 Å². The Morgan fingerprint density at radius 1 is 0.647 bits per heavy atom. The van der Waals surface area contributed by atoms with Crippen molar-refractivity contribution in [3.63, 3.8) is 0 Å². The minimum atomic E-state index is -4.14. The van der Waals surface area contributed by atoms with Gasteiger partial charge in [0.1, 0.15) is 0 Å². The van der Waals surface area contributed by atoms with Crippen LogP contribution in [0.25, 0.3) is 0 Å². The smallest absolute Gasteiger partial charge is 0.248 e. The molecule has 0 fully saturated rings. The van der Waals surface area contributed by atoms with E-state index in [1.165, 1.54) is 0 Å². The zero-order valence-electron chi connectivity index (χ0n) is 21.2. The van der Waals surface area contributed by atoms with E-state index in [0.717, 1.165) is 59.1 Å². The molecule has 0 aromatic heterocycles. The fourth-order valence-corrected chi connectivity index (χ4v) is 7.51. The first kappa shape index (κ1) is 25.8. The van der Waals surface area contributed by atoms with Crippen molar-refractivity contribution in [3.05, 3.63) is 99.1 Å². The Labute approximate surface area is 204 Å². The van der Waals surface area contributed by atoms with E-state index in [9.17, 15) is 14.2 Å². The number of hydrogen-bond acceptors (Lipinski definition) is 3. The van der Waals surface area contributed by atoms with Gasteiger partial charge in [-0.25, -0.2) is 0 Å². The maximum absolute atomic E-state index is 14.7. The molecule has 4 heteroatoms. The summed E-state index contributed by atoms with van der Waals surface area (Å²) in [6.45, 7) is 11.7. The quantitative estimate of drug-likeness (QED) is 0.302. The maximum atomic E-state index is 14.7. The van der Waals surface area contributed by atoms with Crippen LogP contribution in [0.2, 0.25) is 0 Å². The lowest BCUT2D eigenvalue weighted by Crippen LogP contribution is -2.23. The maximum Gasteiger partial charge on any atom is 0.248 e. The van der Waals surface area contributed by atoms with Crippen LogP contribution in [0.5, 0.6) is 0 Å². The van der Waals surface area contributed by atoms with Crippen molar-refractivity contribution in [2.45, 2.75) is 67.2 Å². The van der Waals surface area contributed by atoms with E-state index >= 15 is 0 Å². The molecule has 3 nitrogen and oxygen atoms in total. The molecule has 0 radical (unpaired) electrons. The van der Waals surface area contributed by atoms with Gasteiger partial charge in [-0.2, -0.15) is 0 Å². The van der Waals surface area contributed by atoms with Gasteiger partial charge in [-0.15, -0.1) is 0 Å². The third-order valence-corrected chi connectivity index (χ3v) is 9.00. The first-order valence-corrected chi connectivity index (χ1v) is 13.8. The Morgan fingerprint density at radius 3 is 1.32 bits per heavy atom. The van der Waals surface area contributed by atoms with Crippen molar-refractivity contribution in [2.24, 2.45) is 0 Å². The number of aryl methyl sites for hydroxylation is 6. The van der Waals surface area contributed by atoms with Gasteiger partial charge in [0, 0.05) is 16.4 Å². The van der Waals surface area contributed by atoms with Crippen molar-refractivity contribution in [3.8, 4) is 0 Å². The van der Waals surface area contributed by atoms with Crippen molar-refractivity contribution in [2.75, 3.05) is 0 Å². The topological polar surface area (TPSA) is 51.2 Å². The largest absolute Gasteiger partial charge is 0.302 e. The molecule has 0 heterocycles. The van der Waals surface area contributed by atoms with Crippen LogP contribution in [-0.2, 0) is 17.4 Å². The summed E-state index contributed by atoms with van der Waals surface area (Å²) in [5.41, 5.74) is 5.02. The normalized spacial score (nSPS) is 11.5. The summed E-state index contributed by atoms with van der Waals surface area (Å²) < 4.78 is 14.7. The molecule has 0 saturated carbocycles. The molecule has 178 valence electrons. The zero-order chi connectivity index (χ0) is 25.0. The lowest BCUT2D eigenvalue weighted by molar-refractivity contribution is 0.104. The molecule has 0 aliphatic rings. The molecule has 0 amide bonds. The standard InChI is InChI=1S/C30H35O3P/c1-7-12-24-16-20(3)27(21(4)17-24)29(31)34(33,26-14-10-9-11-15-26)30(32)28-22(5)18-25(13-8-2)19-23(28)6/h9-11,14-19H,7-8,12-13H2,1-6H3. The van der Waals surface area contributed by atoms with Crippen LogP contribution in [0.1, 0.15) is 80.8 Å². The summed E-state index contributed by atoms with van der Waals surface area (Å²) in [6.07, 6.45) is 3.82. The Kier molecular flexibility index (Phi) is 8.10. The van der Waals surface area contributed by atoms with Crippen LogP contribution in [-0.4, -0.2) is 11.0 Å².